The summed E-state index contributed by atoms with van der Waals surface area (Å²) in [6.07, 6.45) is 3.94. The van der Waals surface area contributed by atoms with Gasteiger partial charge in [0.05, 0.1) is 0 Å². The highest BCUT2D eigenvalue weighted by Crippen LogP contribution is 2.36. The van der Waals surface area contributed by atoms with Gasteiger partial charge in [0, 0.05) is 9.61 Å². The van der Waals surface area contributed by atoms with Crippen LogP contribution < -0.4 is 5.73 Å². The quantitative estimate of drug-likeness (QED) is 0.846. The molecule has 1 aliphatic carbocycles. The second-order valence-corrected chi connectivity index (χ2v) is 5.08. The highest BCUT2D eigenvalue weighted by Gasteiger charge is 2.24. The highest BCUT2D eigenvalue weighted by molar-refractivity contribution is 14.1. The van der Waals surface area contributed by atoms with Crippen molar-refractivity contribution in [3.8, 4) is 0 Å². The molecular weight excluding hydrogens is 308 g/mol. The molecule has 1 atom stereocenters. The van der Waals surface area contributed by atoms with Gasteiger partial charge in [-0.2, -0.15) is 0 Å². The number of benzene rings is 1. The van der Waals surface area contributed by atoms with Crippen molar-refractivity contribution in [1.82, 2.24) is 0 Å². The summed E-state index contributed by atoms with van der Waals surface area (Å²) in [4.78, 5) is 0. The number of rotatable bonds is 3. The van der Waals surface area contributed by atoms with Crippen LogP contribution in [0.25, 0.3) is 0 Å². The molecule has 1 nitrogen and oxygen atoms in total. The summed E-state index contributed by atoms with van der Waals surface area (Å²) in [5.41, 5.74) is 7.37. The first kappa shape index (κ1) is 12.3. The molecule has 1 aromatic rings. The Morgan fingerprint density at radius 1 is 1.29 bits per heavy atom. The average molecular weight is 324 g/mol. The molecule has 0 aromatic heterocycles. The van der Waals surface area contributed by atoms with Crippen LogP contribution in [0, 0.1) is 9.49 Å². The molecule has 0 saturated heterocycles. The lowest BCUT2D eigenvalue weighted by atomic mass is 10.0. The largest absolute Gasteiger partial charge is 0.324 e. The molecule has 1 aliphatic rings. The van der Waals surface area contributed by atoms with Crippen LogP contribution in [0.1, 0.15) is 30.9 Å². The Morgan fingerprint density at radius 2 is 1.86 bits per heavy atom. The van der Waals surface area contributed by atoms with Crippen molar-refractivity contribution < 1.29 is 0 Å². The first-order valence-electron chi connectivity index (χ1n) is 4.77. The molecule has 3 heteroatoms. The summed E-state index contributed by atoms with van der Waals surface area (Å²) in [6, 6.07) is 8.80. The standard InChI is InChI=1S/C11H14IN.ClH/c12-10-5-3-9(4-6-10)11(13)7-8-1-2-8;/h3-6,8,11H,1-2,7,13H2;1H/t11-;/m1./s1. The smallest absolute Gasteiger partial charge is 0.0297 e. The zero-order valence-electron chi connectivity index (χ0n) is 7.95. The van der Waals surface area contributed by atoms with Gasteiger partial charge in [0.25, 0.3) is 0 Å². The molecule has 1 aromatic carbocycles. The summed E-state index contributed by atoms with van der Waals surface area (Å²) in [5.74, 6) is 0.911. The Bertz CT molecular complexity index is 282. The van der Waals surface area contributed by atoms with E-state index in [1.807, 2.05) is 0 Å². The van der Waals surface area contributed by atoms with E-state index in [1.54, 1.807) is 0 Å². The van der Waals surface area contributed by atoms with Crippen molar-refractivity contribution in [1.29, 1.82) is 0 Å². The molecule has 0 amide bonds. The fourth-order valence-electron chi connectivity index (χ4n) is 1.56. The molecule has 0 bridgehead atoms. The summed E-state index contributed by atoms with van der Waals surface area (Å²) in [6.45, 7) is 0. The minimum absolute atomic E-state index is 0. The third-order valence-corrected chi connectivity index (χ3v) is 3.30. The molecular formula is C11H15ClIN. The van der Waals surface area contributed by atoms with Gasteiger partial charge in [-0.25, -0.2) is 0 Å². The monoisotopic (exact) mass is 323 g/mol. The SMILES string of the molecule is Cl.N[C@H](CC1CC1)c1ccc(I)cc1. The van der Waals surface area contributed by atoms with Gasteiger partial charge in [-0.05, 0) is 52.6 Å². The van der Waals surface area contributed by atoms with Gasteiger partial charge in [-0.3, -0.25) is 0 Å². The Balaban J connectivity index is 0.000000980. The average Bonchev–Trinajstić information content (AvgIpc) is 2.89. The minimum Gasteiger partial charge on any atom is -0.324 e. The maximum atomic E-state index is 6.08. The van der Waals surface area contributed by atoms with E-state index in [9.17, 15) is 0 Å². The second-order valence-electron chi connectivity index (χ2n) is 3.84. The normalized spacial score (nSPS) is 17.3. The highest BCUT2D eigenvalue weighted by atomic mass is 127. The van der Waals surface area contributed by atoms with E-state index in [0.29, 0.717) is 0 Å². The Kier molecular flexibility index (Phi) is 4.67. The first-order chi connectivity index (χ1) is 6.25. The molecule has 0 heterocycles. The van der Waals surface area contributed by atoms with Gasteiger partial charge >= 0.3 is 0 Å². The van der Waals surface area contributed by atoms with E-state index in [0.717, 1.165) is 5.92 Å². The van der Waals surface area contributed by atoms with Crippen LogP contribution in [-0.4, -0.2) is 0 Å². The van der Waals surface area contributed by atoms with Crippen LogP contribution in [0.4, 0.5) is 0 Å². The van der Waals surface area contributed by atoms with E-state index >= 15 is 0 Å². The van der Waals surface area contributed by atoms with Crippen molar-refractivity contribution in [2.24, 2.45) is 11.7 Å². The molecule has 0 radical (unpaired) electrons. The maximum Gasteiger partial charge on any atom is 0.0297 e. The van der Waals surface area contributed by atoms with Crippen LogP contribution in [-0.2, 0) is 0 Å². The predicted molar refractivity (Wildman–Crippen MR) is 70.7 cm³/mol. The van der Waals surface area contributed by atoms with Crippen molar-refractivity contribution in [3.63, 3.8) is 0 Å². The Labute approximate surface area is 105 Å². The van der Waals surface area contributed by atoms with Gasteiger partial charge in [-0.1, -0.05) is 25.0 Å². The number of hydrogen-bond acceptors (Lipinski definition) is 1. The van der Waals surface area contributed by atoms with E-state index < -0.39 is 0 Å². The number of nitrogens with two attached hydrogens (primary N) is 1. The van der Waals surface area contributed by atoms with Crippen molar-refractivity contribution in [2.75, 3.05) is 0 Å². The van der Waals surface area contributed by atoms with Crippen molar-refractivity contribution in [3.05, 3.63) is 33.4 Å². The molecule has 2 N–H and O–H groups in total. The van der Waals surface area contributed by atoms with Gasteiger partial charge in [-0.15, -0.1) is 12.4 Å². The minimum atomic E-state index is 0. The molecule has 0 spiro atoms. The number of hydrogen-bond donors (Lipinski definition) is 1. The van der Waals surface area contributed by atoms with E-state index in [4.69, 9.17) is 5.73 Å². The van der Waals surface area contributed by atoms with E-state index in [1.165, 1.54) is 28.4 Å². The molecule has 2 rings (SSSR count). The third-order valence-electron chi connectivity index (χ3n) is 2.58. The number of halogens is 2. The summed E-state index contributed by atoms with van der Waals surface area (Å²) < 4.78 is 1.28. The van der Waals surface area contributed by atoms with Crippen molar-refractivity contribution >= 4 is 35.0 Å². The summed E-state index contributed by atoms with van der Waals surface area (Å²) >= 11 is 2.32. The lowest BCUT2D eigenvalue weighted by Gasteiger charge is -2.10. The molecule has 78 valence electrons. The van der Waals surface area contributed by atoms with Crippen LogP contribution in [0.15, 0.2) is 24.3 Å². The van der Waals surface area contributed by atoms with Gasteiger partial charge in [0.2, 0.25) is 0 Å². The van der Waals surface area contributed by atoms with Crippen LogP contribution in [0.3, 0.4) is 0 Å². The van der Waals surface area contributed by atoms with Gasteiger partial charge in [0.1, 0.15) is 0 Å². The van der Waals surface area contributed by atoms with E-state index in [-0.39, 0.29) is 18.4 Å². The van der Waals surface area contributed by atoms with Crippen LogP contribution in [0.5, 0.6) is 0 Å². The first-order valence-corrected chi connectivity index (χ1v) is 5.84. The molecule has 1 saturated carbocycles. The van der Waals surface area contributed by atoms with Gasteiger partial charge in [0.15, 0.2) is 0 Å². The summed E-state index contributed by atoms with van der Waals surface area (Å²) in [5, 5.41) is 0. The van der Waals surface area contributed by atoms with Gasteiger partial charge < -0.3 is 5.73 Å². The van der Waals surface area contributed by atoms with Crippen LogP contribution >= 0.6 is 35.0 Å². The zero-order valence-corrected chi connectivity index (χ0v) is 10.9. The second kappa shape index (κ2) is 5.33. The predicted octanol–water partition coefficient (Wildman–Crippen LogP) is 3.51. The fourth-order valence-corrected chi connectivity index (χ4v) is 1.92. The summed E-state index contributed by atoms with van der Waals surface area (Å²) in [7, 11) is 0. The Hall–Kier alpha value is 0.200. The lowest BCUT2D eigenvalue weighted by Crippen LogP contribution is -2.10. The molecule has 0 unspecified atom stereocenters. The molecule has 0 aliphatic heterocycles. The maximum absolute atomic E-state index is 6.08. The topological polar surface area (TPSA) is 26.0 Å². The molecule has 1 fully saturated rings. The fraction of sp³-hybridized carbons (Fsp3) is 0.455. The Morgan fingerprint density at radius 3 is 2.36 bits per heavy atom. The lowest BCUT2D eigenvalue weighted by molar-refractivity contribution is 0.597. The van der Waals surface area contributed by atoms with Crippen molar-refractivity contribution in [2.45, 2.75) is 25.3 Å². The van der Waals surface area contributed by atoms with Crippen LogP contribution in [0.2, 0.25) is 0 Å². The zero-order chi connectivity index (χ0) is 9.26. The third kappa shape index (κ3) is 3.41. The van der Waals surface area contributed by atoms with E-state index in [2.05, 4.69) is 46.9 Å². The molecule has 14 heavy (non-hydrogen) atoms.